The SMILES string of the molecule is CC(Cn1cncn1)NC(=O)c1cc(-c2ccc(Cl)s2)nc2ccccc12. The Morgan fingerprint density at radius 1 is 1.30 bits per heavy atom. The van der Waals surface area contributed by atoms with Gasteiger partial charge in [-0.25, -0.2) is 9.97 Å². The highest BCUT2D eigenvalue weighted by Gasteiger charge is 2.17. The first-order valence-electron chi connectivity index (χ1n) is 8.39. The van der Waals surface area contributed by atoms with Crippen LogP contribution in [0.25, 0.3) is 21.5 Å². The van der Waals surface area contributed by atoms with Gasteiger partial charge >= 0.3 is 0 Å². The van der Waals surface area contributed by atoms with E-state index in [2.05, 4.69) is 15.4 Å². The molecular formula is C19H16ClN5OS. The van der Waals surface area contributed by atoms with E-state index in [1.165, 1.54) is 17.7 Å². The predicted molar refractivity (Wildman–Crippen MR) is 107 cm³/mol. The van der Waals surface area contributed by atoms with E-state index < -0.39 is 0 Å². The Balaban J connectivity index is 1.67. The number of nitrogens with zero attached hydrogens (tertiary/aromatic N) is 4. The summed E-state index contributed by atoms with van der Waals surface area (Å²) in [6.45, 7) is 2.48. The molecule has 0 aliphatic carbocycles. The molecule has 0 saturated heterocycles. The number of carbonyl (C=O) groups is 1. The molecule has 0 saturated carbocycles. The maximum atomic E-state index is 13.0. The van der Waals surface area contributed by atoms with E-state index in [4.69, 9.17) is 16.6 Å². The Kier molecular flexibility index (Phi) is 4.87. The van der Waals surface area contributed by atoms with Crippen molar-refractivity contribution in [2.75, 3.05) is 0 Å². The first kappa shape index (κ1) is 17.6. The first-order valence-corrected chi connectivity index (χ1v) is 9.58. The van der Waals surface area contributed by atoms with Crippen molar-refractivity contribution in [2.45, 2.75) is 19.5 Å². The molecule has 3 aromatic heterocycles. The fourth-order valence-electron chi connectivity index (χ4n) is 2.90. The molecule has 0 spiro atoms. The van der Waals surface area contributed by atoms with Crippen molar-refractivity contribution in [1.82, 2.24) is 25.1 Å². The average Bonchev–Trinajstić information content (AvgIpc) is 3.32. The second-order valence-corrected chi connectivity index (χ2v) is 7.88. The third-order valence-corrected chi connectivity index (χ3v) is 5.35. The molecule has 27 heavy (non-hydrogen) atoms. The molecule has 0 fully saturated rings. The van der Waals surface area contributed by atoms with Gasteiger partial charge in [-0.2, -0.15) is 5.10 Å². The summed E-state index contributed by atoms with van der Waals surface area (Å²) in [6.07, 6.45) is 3.10. The molecule has 1 amide bonds. The Hall–Kier alpha value is -2.77. The van der Waals surface area contributed by atoms with Crippen LogP contribution in [0.4, 0.5) is 0 Å². The van der Waals surface area contributed by atoms with E-state index in [1.54, 1.807) is 11.0 Å². The topological polar surface area (TPSA) is 72.7 Å². The molecule has 4 aromatic rings. The second kappa shape index (κ2) is 7.46. The van der Waals surface area contributed by atoms with Crippen LogP contribution in [0.2, 0.25) is 4.34 Å². The monoisotopic (exact) mass is 397 g/mol. The molecule has 6 nitrogen and oxygen atoms in total. The Morgan fingerprint density at radius 3 is 2.89 bits per heavy atom. The van der Waals surface area contributed by atoms with Crippen LogP contribution in [0.15, 0.2) is 55.1 Å². The predicted octanol–water partition coefficient (Wildman–Crippen LogP) is 4.03. The number of pyridine rings is 1. The highest BCUT2D eigenvalue weighted by molar-refractivity contribution is 7.19. The zero-order valence-electron chi connectivity index (χ0n) is 14.5. The van der Waals surface area contributed by atoms with Crippen LogP contribution in [0.1, 0.15) is 17.3 Å². The number of amides is 1. The summed E-state index contributed by atoms with van der Waals surface area (Å²) in [5.74, 6) is -0.148. The molecule has 1 atom stereocenters. The molecule has 0 radical (unpaired) electrons. The number of hydrogen-bond donors (Lipinski definition) is 1. The van der Waals surface area contributed by atoms with Gasteiger partial charge in [-0.05, 0) is 31.2 Å². The van der Waals surface area contributed by atoms with Crippen molar-refractivity contribution < 1.29 is 4.79 Å². The van der Waals surface area contributed by atoms with Gasteiger partial charge in [0.1, 0.15) is 12.7 Å². The number of halogens is 1. The number of nitrogens with one attached hydrogen (secondary N) is 1. The zero-order valence-corrected chi connectivity index (χ0v) is 16.0. The number of benzene rings is 1. The van der Waals surface area contributed by atoms with Gasteiger partial charge in [0.25, 0.3) is 5.91 Å². The lowest BCUT2D eigenvalue weighted by Gasteiger charge is -2.15. The molecule has 1 N–H and O–H groups in total. The van der Waals surface area contributed by atoms with Crippen molar-refractivity contribution in [2.24, 2.45) is 0 Å². The van der Waals surface area contributed by atoms with Gasteiger partial charge < -0.3 is 5.32 Å². The molecule has 8 heteroatoms. The molecule has 3 heterocycles. The third kappa shape index (κ3) is 3.84. The molecule has 136 valence electrons. The van der Waals surface area contributed by atoms with Gasteiger partial charge in [0.05, 0.1) is 32.5 Å². The maximum Gasteiger partial charge on any atom is 0.252 e. The van der Waals surface area contributed by atoms with Crippen LogP contribution in [-0.2, 0) is 6.54 Å². The van der Waals surface area contributed by atoms with Crippen LogP contribution in [0.5, 0.6) is 0 Å². The Labute approximate surface area is 164 Å². The van der Waals surface area contributed by atoms with Crippen LogP contribution in [-0.4, -0.2) is 31.7 Å². The summed E-state index contributed by atoms with van der Waals surface area (Å²) < 4.78 is 2.38. The third-order valence-electron chi connectivity index (χ3n) is 4.09. The largest absolute Gasteiger partial charge is 0.348 e. The number of hydrogen-bond acceptors (Lipinski definition) is 5. The van der Waals surface area contributed by atoms with Gasteiger partial charge in [0, 0.05) is 11.4 Å². The zero-order chi connectivity index (χ0) is 18.8. The Bertz CT molecular complexity index is 1090. The van der Waals surface area contributed by atoms with Crippen molar-refractivity contribution in [3.63, 3.8) is 0 Å². The van der Waals surface area contributed by atoms with E-state index in [1.807, 2.05) is 49.4 Å². The minimum absolute atomic E-state index is 0.106. The fourth-order valence-corrected chi connectivity index (χ4v) is 3.90. The Morgan fingerprint density at radius 2 is 2.15 bits per heavy atom. The van der Waals surface area contributed by atoms with Gasteiger partial charge in [0.15, 0.2) is 0 Å². The van der Waals surface area contributed by atoms with Gasteiger partial charge in [0.2, 0.25) is 0 Å². The summed E-state index contributed by atoms with van der Waals surface area (Å²) in [5.41, 5.74) is 2.10. The van der Waals surface area contributed by atoms with Crippen LogP contribution in [0, 0.1) is 0 Å². The highest BCUT2D eigenvalue weighted by atomic mass is 35.5. The molecular weight excluding hydrogens is 382 g/mol. The normalized spacial score (nSPS) is 12.2. The highest BCUT2D eigenvalue weighted by Crippen LogP contribution is 2.32. The number of thiophene rings is 1. The van der Waals surface area contributed by atoms with Crippen molar-refractivity contribution in [3.8, 4) is 10.6 Å². The summed E-state index contributed by atoms with van der Waals surface area (Å²) >= 11 is 7.50. The quantitative estimate of drug-likeness (QED) is 0.552. The van der Waals surface area contributed by atoms with Crippen molar-refractivity contribution >= 4 is 39.7 Å². The number of rotatable bonds is 5. The standard InChI is InChI=1S/C19H16ClN5OS/c1-12(9-25-11-21-10-22-25)23-19(26)14-8-16(17-6-7-18(20)27-17)24-15-5-3-2-4-13(14)15/h2-8,10-12H,9H2,1H3,(H,23,26). The molecule has 1 unspecified atom stereocenters. The number of fused-ring (bicyclic) bond motifs is 1. The minimum atomic E-state index is -0.148. The van der Waals surface area contributed by atoms with Crippen LogP contribution >= 0.6 is 22.9 Å². The lowest BCUT2D eigenvalue weighted by atomic mass is 10.1. The second-order valence-electron chi connectivity index (χ2n) is 6.17. The van der Waals surface area contributed by atoms with E-state index >= 15 is 0 Å². The number of para-hydroxylation sites is 1. The molecule has 1 aromatic carbocycles. The summed E-state index contributed by atoms with van der Waals surface area (Å²) in [7, 11) is 0. The van der Waals surface area contributed by atoms with Gasteiger partial charge in [-0.15, -0.1) is 11.3 Å². The van der Waals surface area contributed by atoms with Gasteiger partial charge in [-0.3, -0.25) is 9.48 Å². The summed E-state index contributed by atoms with van der Waals surface area (Å²) in [6, 6.07) is 13.1. The van der Waals surface area contributed by atoms with Crippen molar-refractivity contribution in [1.29, 1.82) is 0 Å². The van der Waals surface area contributed by atoms with Crippen LogP contribution < -0.4 is 5.32 Å². The molecule has 0 aliphatic rings. The van der Waals surface area contributed by atoms with E-state index in [-0.39, 0.29) is 11.9 Å². The maximum absolute atomic E-state index is 13.0. The lowest BCUT2D eigenvalue weighted by molar-refractivity contribution is 0.0937. The molecule has 0 bridgehead atoms. The first-order chi connectivity index (χ1) is 13.1. The fraction of sp³-hybridized carbons (Fsp3) is 0.158. The van der Waals surface area contributed by atoms with E-state index in [9.17, 15) is 4.79 Å². The summed E-state index contributed by atoms with van der Waals surface area (Å²) in [5, 5.41) is 7.92. The summed E-state index contributed by atoms with van der Waals surface area (Å²) in [4.78, 5) is 22.5. The van der Waals surface area contributed by atoms with Crippen molar-refractivity contribution in [3.05, 3.63) is 65.0 Å². The molecule has 0 aliphatic heterocycles. The van der Waals surface area contributed by atoms with E-state index in [0.29, 0.717) is 16.4 Å². The average molecular weight is 398 g/mol. The number of aromatic nitrogens is 4. The van der Waals surface area contributed by atoms with Crippen LogP contribution in [0.3, 0.4) is 0 Å². The van der Waals surface area contributed by atoms with E-state index in [0.717, 1.165) is 21.5 Å². The smallest absolute Gasteiger partial charge is 0.252 e. The van der Waals surface area contributed by atoms with Gasteiger partial charge in [-0.1, -0.05) is 29.8 Å². The molecule has 4 rings (SSSR count). The number of carbonyl (C=O) groups excluding carboxylic acids is 1. The lowest BCUT2D eigenvalue weighted by Crippen LogP contribution is -2.36. The minimum Gasteiger partial charge on any atom is -0.348 e.